The summed E-state index contributed by atoms with van der Waals surface area (Å²) in [4.78, 5) is 22.1. The van der Waals surface area contributed by atoms with Gasteiger partial charge in [-0.3, -0.25) is 4.79 Å². The zero-order valence-electron chi connectivity index (χ0n) is 11.3. The summed E-state index contributed by atoms with van der Waals surface area (Å²) in [6.07, 6.45) is 2.49. The first kappa shape index (κ1) is 13.7. The van der Waals surface area contributed by atoms with E-state index in [9.17, 15) is 4.79 Å². The van der Waals surface area contributed by atoms with E-state index in [1.54, 1.807) is 17.7 Å². The van der Waals surface area contributed by atoms with Gasteiger partial charge in [0.15, 0.2) is 5.82 Å². The van der Waals surface area contributed by atoms with E-state index in [0.29, 0.717) is 0 Å². The predicted octanol–water partition coefficient (Wildman–Crippen LogP) is 2.39. The molecule has 0 bridgehead atoms. The topological polar surface area (TPSA) is 55.3 Å². The van der Waals surface area contributed by atoms with Crippen LogP contribution in [0.2, 0.25) is 0 Å². The number of carbonyl (C=O) groups excluding carboxylic acids is 1. The highest BCUT2D eigenvalue weighted by Gasteiger charge is 2.17. The fraction of sp³-hybridized carbons (Fsp3) is 0.462. The lowest BCUT2D eigenvalue weighted by Gasteiger charge is -2.21. The van der Waals surface area contributed by atoms with Gasteiger partial charge < -0.3 is 9.64 Å². The molecule has 0 amide bonds. The van der Waals surface area contributed by atoms with Crippen molar-refractivity contribution < 1.29 is 9.53 Å². The summed E-state index contributed by atoms with van der Waals surface area (Å²) >= 11 is 1.61. The van der Waals surface area contributed by atoms with Crippen LogP contribution >= 0.6 is 11.3 Å². The van der Waals surface area contributed by atoms with Crippen LogP contribution in [0, 0.1) is 6.92 Å². The van der Waals surface area contributed by atoms with Gasteiger partial charge in [-0.25, -0.2) is 9.97 Å². The molecular weight excluding hydrogens is 262 g/mol. The van der Waals surface area contributed by atoms with Gasteiger partial charge in [0.05, 0.1) is 17.3 Å². The number of anilines is 1. The van der Waals surface area contributed by atoms with Crippen LogP contribution in [0.1, 0.15) is 18.9 Å². The van der Waals surface area contributed by atoms with Crippen LogP contribution in [0.15, 0.2) is 11.7 Å². The predicted molar refractivity (Wildman–Crippen MR) is 76.7 cm³/mol. The van der Waals surface area contributed by atoms with E-state index in [2.05, 4.69) is 22.3 Å². The molecule has 2 heterocycles. The maximum absolute atomic E-state index is 11.5. The van der Waals surface area contributed by atoms with E-state index in [4.69, 9.17) is 4.74 Å². The lowest BCUT2D eigenvalue weighted by Crippen LogP contribution is -2.32. The van der Waals surface area contributed by atoms with Gasteiger partial charge >= 0.3 is 5.97 Å². The standard InChI is InChI=1S/C13H17N3O2S/c1-4-5-16(6-10(17)18-3)13-12-11(14-8-15-13)9(2)7-19-12/h7-8H,4-6H2,1-3H3. The van der Waals surface area contributed by atoms with Gasteiger partial charge in [-0.1, -0.05) is 6.92 Å². The Morgan fingerprint density at radius 3 is 2.95 bits per heavy atom. The Labute approximate surface area is 116 Å². The monoisotopic (exact) mass is 279 g/mol. The Kier molecular flexibility index (Phi) is 4.31. The highest BCUT2D eigenvalue weighted by molar-refractivity contribution is 7.18. The number of aromatic nitrogens is 2. The van der Waals surface area contributed by atoms with Crippen molar-refractivity contribution in [2.75, 3.05) is 25.1 Å². The summed E-state index contributed by atoms with van der Waals surface area (Å²) in [7, 11) is 1.40. The first-order valence-electron chi connectivity index (χ1n) is 6.18. The number of thiophene rings is 1. The third-order valence-electron chi connectivity index (χ3n) is 2.85. The molecule has 0 aliphatic carbocycles. The second-order valence-electron chi connectivity index (χ2n) is 4.29. The van der Waals surface area contributed by atoms with Crippen LogP contribution in [0.3, 0.4) is 0 Å². The number of nitrogens with zero attached hydrogens (tertiary/aromatic N) is 3. The Bertz CT molecular complexity index is 582. The largest absolute Gasteiger partial charge is 0.468 e. The molecule has 5 nitrogen and oxygen atoms in total. The minimum Gasteiger partial charge on any atom is -0.468 e. The van der Waals surface area contributed by atoms with Gasteiger partial charge in [0.1, 0.15) is 12.9 Å². The fourth-order valence-corrected chi connectivity index (χ4v) is 2.95. The summed E-state index contributed by atoms with van der Waals surface area (Å²) in [6, 6.07) is 0. The molecule has 0 aromatic carbocycles. The second kappa shape index (κ2) is 5.97. The first-order valence-corrected chi connectivity index (χ1v) is 7.05. The lowest BCUT2D eigenvalue weighted by atomic mass is 10.3. The van der Waals surface area contributed by atoms with Crippen molar-refractivity contribution in [2.45, 2.75) is 20.3 Å². The minimum atomic E-state index is -0.256. The van der Waals surface area contributed by atoms with Crippen LogP contribution in [0.25, 0.3) is 10.2 Å². The number of ether oxygens (including phenoxy) is 1. The van der Waals surface area contributed by atoms with Crippen molar-refractivity contribution in [2.24, 2.45) is 0 Å². The average Bonchev–Trinajstić information content (AvgIpc) is 2.80. The van der Waals surface area contributed by atoms with Crippen molar-refractivity contribution in [3.05, 3.63) is 17.3 Å². The molecule has 0 radical (unpaired) electrons. The zero-order valence-corrected chi connectivity index (χ0v) is 12.2. The van der Waals surface area contributed by atoms with Crippen molar-refractivity contribution in [3.8, 4) is 0 Å². The smallest absolute Gasteiger partial charge is 0.325 e. The Balaban J connectivity index is 2.40. The summed E-state index contributed by atoms with van der Waals surface area (Å²) in [5.74, 6) is 0.559. The average molecular weight is 279 g/mol. The normalized spacial score (nSPS) is 10.7. The third-order valence-corrected chi connectivity index (χ3v) is 3.94. The number of aryl methyl sites for hydroxylation is 1. The number of esters is 1. The first-order chi connectivity index (χ1) is 9.17. The number of hydrogen-bond acceptors (Lipinski definition) is 6. The van der Waals surface area contributed by atoms with Gasteiger partial charge in [-0.2, -0.15) is 0 Å². The molecule has 0 aliphatic rings. The number of rotatable bonds is 5. The summed E-state index contributed by atoms with van der Waals surface area (Å²) in [5, 5.41) is 2.06. The molecule has 0 saturated heterocycles. The molecule has 6 heteroatoms. The summed E-state index contributed by atoms with van der Waals surface area (Å²) in [6.45, 7) is 5.08. The highest BCUT2D eigenvalue weighted by Crippen LogP contribution is 2.30. The van der Waals surface area contributed by atoms with Gasteiger partial charge in [0.25, 0.3) is 0 Å². The van der Waals surface area contributed by atoms with E-state index in [1.165, 1.54) is 7.11 Å². The fourth-order valence-electron chi connectivity index (χ4n) is 1.93. The molecule has 102 valence electrons. The van der Waals surface area contributed by atoms with Crippen molar-refractivity contribution in [1.82, 2.24) is 9.97 Å². The van der Waals surface area contributed by atoms with Crippen LogP contribution in [-0.2, 0) is 9.53 Å². The molecule has 0 unspecified atom stereocenters. The number of carbonyl (C=O) groups is 1. The van der Waals surface area contributed by atoms with Crippen LogP contribution < -0.4 is 4.90 Å². The maximum atomic E-state index is 11.5. The van der Waals surface area contributed by atoms with E-state index in [0.717, 1.165) is 34.6 Å². The molecule has 0 saturated carbocycles. The molecule has 0 atom stereocenters. The molecule has 0 N–H and O–H groups in total. The maximum Gasteiger partial charge on any atom is 0.325 e. The number of methoxy groups -OCH3 is 1. The second-order valence-corrected chi connectivity index (χ2v) is 5.17. The SMILES string of the molecule is CCCN(CC(=O)OC)c1ncnc2c(C)csc12. The lowest BCUT2D eigenvalue weighted by molar-refractivity contribution is -0.138. The molecule has 0 spiro atoms. The van der Waals surface area contributed by atoms with Crippen LogP contribution in [0.5, 0.6) is 0 Å². The molecule has 2 aromatic heterocycles. The van der Waals surface area contributed by atoms with Gasteiger partial charge in [-0.15, -0.1) is 11.3 Å². The highest BCUT2D eigenvalue weighted by atomic mass is 32.1. The van der Waals surface area contributed by atoms with Crippen LogP contribution in [0.4, 0.5) is 5.82 Å². The van der Waals surface area contributed by atoms with Gasteiger partial charge in [0.2, 0.25) is 0 Å². The summed E-state index contributed by atoms with van der Waals surface area (Å²) in [5.41, 5.74) is 2.10. The molecular formula is C13H17N3O2S. The van der Waals surface area contributed by atoms with Crippen LogP contribution in [-0.4, -0.2) is 36.1 Å². The van der Waals surface area contributed by atoms with E-state index in [-0.39, 0.29) is 12.5 Å². The Hall–Kier alpha value is -1.69. The van der Waals surface area contributed by atoms with E-state index >= 15 is 0 Å². The molecule has 0 aliphatic heterocycles. The molecule has 0 fully saturated rings. The summed E-state index contributed by atoms with van der Waals surface area (Å²) < 4.78 is 5.77. The quantitative estimate of drug-likeness (QED) is 0.787. The number of fused-ring (bicyclic) bond motifs is 1. The Morgan fingerprint density at radius 1 is 1.47 bits per heavy atom. The van der Waals surface area contributed by atoms with Gasteiger partial charge in [-0.05, 0) is 24.3 Å². The van der Waals surface area contributed by atoms with E-state index in [1.807, 2.05) is 11.8 Å². The third kappa shape index (κ3) is 2.84. The molecule has 2 rings (SSSR count). The zero-order chi connectivity index (χ0) is 13.8. The van der Waals surface area contributed by atoms with Crippen molar-refractivity contribution in [1.29, 1.82) is 0 Å². The number of hydrogen-bond donors (Lipinski definition) is 0. The van der Waals surface area contributed by atoms with Gasteiger partial charge in [0, 0.05) is 6.54 Å². The Morgan fingerprint density at radius 2 is 2.26 bits per heavy atom. The van der Waals surface area contributed by atoms with E-state index < -0.39 is 0 Å². The van der Waals surface area contributed by atoms with Crippen molar-refractivity contribution >= 4 is 33.3 Å². The molecule has 2 aromatic rings. The minimum absolute atomic E-state index is 0.216. The molecule has 19 heavy (non-hydrogen) atoms. The van der Waals surface area contributed by atoms with Crippen molar-refractivity contribution in [3.63, 3.8) is 0 Å².